The summed E-state index contributed by atoms with van der Waals surface area (Å²) in [5.74, 6) is 0.562. The van der Waals surface area contributed by atoms with Crippen LogP contribution in [0.4, 0.5) is 4.39 Å². The van der Waals surface area contributed by atoms with Crippen LogP contribution in [0.1, 0.15) is 0 Å². The van der Waals surface area contributed by atoms with Gasteiger partial charge in [0, 0.05) is 0 Å². The fourth-order valence-electron chi connectivity index (χ4n) is 3.43. The molecule has 2 aromatic carbocycles. The minimum absolute atomic E-state index is 0.201. The smallest absolute Gasteiger partial charge is 0.264 e. The second kappa shape index (κ2) is 8.14. The second-order valence-corrected chi connectivity index (χ2v) is 7.25. The van der Waals surface area contributed by atoms with Crippen LogP contribution in [0, 0.1) is 5.82 Å². The van der Waals surface area contributed by atoms with Gasteiger partial charge in [-0.1, -0.05) is 12.1 Å². The summed E-state index contributed by atoms with van der Waals surface area (Å²) in [5.41, 5.74) is 0.495. The molecule has 1 aliphatic heterocycles. The number of hydrogen-bond donors (Lipinski definition) is 1. The number of halogens is 1. The first kappa shape index (κ1) is 19.7. The van der Waals surface area contributed by atoms with E-state index in [-0.39, 0.29) is 36.3 Å². The Kier molecular flexibility index (Phi) is 5.02. The minimum Gasteiger partial charge on any atom is -0.486 e. The molecule has 1 atom stereocenters. The number of ether oxygens (including phenoxy) is 2. The maximum Gasteiger partial charge on any atom is 0.264 e. The Morgan fingerprint density at radius 3 is 2.75 bits per heavy atom. The Labute approximate surface area is 181 Å². The minimum atomic E-state index is -0.398. The number of nitrogens with zero attached hydrogens (tertiary/aromatic N) is 4. The summed E-state index contributed by atoms with van der Waals surface area (Å²) in [7, 11) is 0. The molecule has 3 heterocycles. The Morgan fingerprint density at radius 1 is 1.16 bits per heavy atom. The van der Waals surface area contributed by atoms with Gasteiger partial charge in [-0.15, -0.1) is 0 Å². The van der Waals surface area contributed by atoms with Crippen LogP contribution >= 0.6 is 0 Å². The molecule has 5 rings (SSSR count). The van der Waals surface area contributed by atoms with Gasteiger partial charge in [0.05, 0.1) is 18.4 Å². The Hall–Kier alpha value is -4.21. The highest BCUT2D eigenvalue weighted by Crippen LogP contribution is 2.30. The fraction of sp³-hybridized carbons (Fsp3) is 0.182. The van der Waals surface area contributed by atoms with Gasteiger partial charge in [-0.2, -0.15) is 5.10 Å². The molecule has 0 saturated heterocycles. The molecular formula is C22H18FN5O4. The summed E-state index contributed by atoms with van der Waals surface area (Å²) < 4.78 is 27.3. The van der Waals surface area contributed by atoms with Crippen molar-refractivity contribution >= 4 is 16.9 Å². The van der Waals surface area contributed by atoms with E-state index in [0.29, 0.717) is 29.4 Å². The van der Waals surface area contributed by atoms with Gasteiger partial charge in [-0.25, -0.2) is 14.1 Å². The average molecular weight is 435 g/mol. The third kappa shape index (κ3) is 3.78. The normalized spacial score (nSPS) is 15.0. The highest BCUT2D eigenvalue weighted by Gasteiger charge is 2.21. The summed E-state index contributed by atoms with van der Waals surface area (Å²) in [5, 5.41) is 7.19. The van der Waals surface area contributed by atoms with Crippen LogP contribution in [0.3, 0.4) is 0 Å². The van der Waals surface area contributed by atoms with Crippen LogP contribution in [0.15, 0.2) is 65.8 Å². The first-order valence-electron chi connectivity index (χ1n) is 9.93. The molecule has 0 spiro atoms. The molecule has 162 valence electrons. The number of rotatable bonds is 5. The van der Waals surface area contributed by atoms with E-state index in [1.807, 2.05) is 18.2 Å². The number of carbonyl (C=O) groups is 1. The lowest BCUT2D eigenvalue weighted by molar-refractivity contribution is -0.122. The van der Waals surface area contributed by atoms with Crippen molar-refractivity contribution in [2.75, 3.05) is 13.2 Å². The van der Waals surface area contributed by atoms with Crippen molar-refractivity contribution in [3.63, 3.8) is 0 Å². The predicted molar refractivity (Wildman–Crippen MR) is 112 cm³/mol. The van der Waals surface area contributed by atoms with Gasteiger partial charge in [0.25, 0.3) is 5.56 Å². The summed E-state index contributed by atoms with van der Waals surface area (Å²) >= 11 is 0. The maximum absolute atomic E-state index is 13.2. The van der Waals surface area contributed by atoms with Gasteiger partial charge in [0.2, 0.25) is 5.91 Å². The van der Waals surface area contributed by atoms with Crippen molar-refractivity contribution in [3.05, 3.63) is 77.2 Å². The highest BCUT2D eigenvalue weighted by atomic mass is 19.1. The maximum atomic E-state index is 13.2. The van der Waals surface area contributed by atoms with Gasteiger partial charge in [0.15, 0.2) is 17.1 Å². The number of para-hydroxylation sites is 2. The van der Waals surface area contributed by atoms with Crippen molar-refractivity contribution in [3.8, 4) is 17.2 Å². The number of fused-ring (bicyclic) bond motifs is 2. The van der Waals surface area contributed by atoms with Crippen LogP contribution in [0.25, 0.3) is 16.7 Å². The summed E-state index contributed by atoms with van der Waals surface area (Å²) in [6.45, 7) is 0.348. The number of benzene rings is 2. The van der Waals surface area contributed by atoms with Crippen molar-refractivity contribution < 1.29 is 18.7 Å². The van der Waals surface area contributed by atoms with E-state index in [2.05, 4.69) is 15.4 Å². The highest BCUT2D eigenvalue weighted by molar-refractivity contribution is 5.77. The molecule has 0 unspecified atom stereocenters. The molecule has 1 aliphatic rings. The van der Waals surface area contributed by atoms with E-state index in [1.165, 1.54) is 46.0 Å². The van der Waals surface area contributed by atoms with Gasteiger partial charge in [0.1, 0.15) is 36.8 Å². The molecule has 0 saturated carbocycles. The monoisotopic (exact) mass is 435 g/mol. The third-order valence-corrected chi connectivity index (χ3v) is 5.03. The van der Waals surface area contributed by atoms with Gasteiger partial charge < -0.3 is 14.8 Å². The Morgan fingerprint density at radius 2 is 1.94 bits per heavy atom. The number of hydrogen-bond acceptors (Lipinski definition) is 6. The van der Waals surface area contributed by atoms with Crippen molar-refractivity contribution in [1.82, 2.24) is 24.6 Å². The zero-order valence-corrected chi connectivity index (χ0v) is 16.8. The lowest BCUT2D eigenvalue weighted by Crippen LogP contribution is -2.42. The molecule has 0 aliphatic carbocycles. The average Bonchev–Trinajstić information content (AvgIpc) is 3.25. The lowest BCUT2D eigenvalue weighted by atomic mass is 10.2. The molecule has 0 bridgehead atoms. The van der Waals surface area contributed by atoms with E-state index in [9.17, 15) is 14.0 Å². The molecule has 2 aromatic heterocycles. The SMILES string of the molecule is O=C(Cn1cnc2c(cnn2-c2ccc(F)cc2)c1=O)NC[C@H]1COc2ccccc2O1. The predicted octanol–water partition coefficient (Wildman–Crippen LogP) is 1.68. The first-order valence-corrected chi connectivity index (χ1v) is 9.93. The van der Waals surface area contributed by atoms with Crippen LogP contribution in [0.2, 0.25) is 0 Å². The van der Waals surface area contributed by atoms with E-state index < -0.39 is 5.56 Å². The second-order valence-electron chi connectivity index (χ2n) is 7.25. The quantitative estimate of drug-likeness (QED) is 0.512. The molecule has 32 heavy (non-hydrogen) atoms. The van der Waals surface area contributed by atoms with Gasteiger partial charge >= 0.3 is 0 Å². The summed E-state index contributed by atoms with van der Waals surface area (Å²) in [4.78, 5) is 29.5. The first-order chi connectivity index (χ1) is 15.6. The third-order valence-electron chi connectivity index (χ3n) is 5.03. The molecule has 0 fully saturated rings. The van der Waals surface area contributed by atoms with E-state index in [0.717, 1.165) is 0 Å². The fourth-order valence-corrected chi connectivity index (χ4v) is 3.43. The topological polar surface area (TPSA) is 100 Å². The standard InChI is InChI=1S/C22H18FN5O4/c23-14-5-7-15(8-6-14)28-21-17(10-26-28)22(30)27(13-25-21)11-20(29)24-9-16-12-31-18-3-1-2-4-19(18)32-16/h1-8,10,13,16H,9,11-12H2,(H,24,29)/t16-/m0/s1. The van der Waals surface area contributed by atoms with Gasteiger partial charge in [-0.05, 0) is 36.4 Å². The van der Waals surface area contributed by atoms with Crippen LogP contribution in [0.5, 0.6) is 11.5 Å². The Balaban J connectivity index is 1.26. The van der Waals surface area contributed by atoms with Crippen molar-refractivity contribution in [2.45, 2.75) is 12.6 Å². The summed E-state index contributed by atoms with van der Waals surface area (Å²) in [6, 6.07) is 13.0. The van der Waals surface area contributed by atoms with Crippen molar-refractivity contribution in [1.29, 1.82) is 0 Å². The Bertz CT molecular complexity index is 1350. The van der Waals surface area contributed by atoms with Gasteiger partial charge in [-0.3, -0.25) is 14.2 Å². The number of carbonyl (C=O) groups excluding carboxylic acids is 1. The van der Waals surface area contributed by atoms with E-state index >= 15 is 0 Å². The number of aromatic nitrogens is 4. The molecule has 10 heteroatoms. The zero-order valence-electron chi connectivity index (χ0n) is 16.8. The van der Waals surface area contributed by atoms with Crippen LogP contribution < -0.4 is 20.3 Å². The molecule has 1 N–H and O–H groups in total. The van der Waals surface area contributed by atoms with E-state index in [4.69, 9.17) is 9.47 Å². The molecule has 9 nitrogen and oxygen atoms in total. The zero-order chi connectivity index (χ0) is 22.1. The molecule has 1 amide bonds. The number of amides is 1. The summed E-state index contributed by atoms with van der Waals surface area (Å²) in [6.07, 6.45) is 2.34. The van der Waals surface area contributed by atoms with E-state index in [1.54, 1.807) is 6.07 Å². The number of nitrogens with one attached hydrogen (secondary N) is 1. The van der Waals surface area contributed by atoms with Crippen LogP contribution in [-0.4, -0.2) is 44.5 Å². The molecule has 4 aromatic rings. The molecule has 0 radical (unpaired) electrons. The largest absolute Gasteiger partial charge is 0.486 e. The molecular weight excluding hydrogens is 417 g/mol. The van der Waals surface area contributed by atoms with Crippen LogP contribution in [-0.2, 0) is 11.3 Å². The van der Waals surface area contributed by atoms with Crippen molar-refractivity contribution in [2.24, 2.45) is 0 Å². The lowest BCUT2D eigenvalue weighted by Gasteiger charge is -2.26.